The second-order valence-corrected chi connectivity index (χ2v) is 10.4. The first-order valence-electron chi connectivity index (χ1n) is 11.4. The molecule has 0 bridgehead atoms. The molecule has 4 aliphatic rings. The lowest BCUT2D eigenvalue weighted by Gasteiger charge is -2.58. The van der Waals surface area contributed by atoms with Gasteiger partial charge in [0.2, 0.25) is 0 Å². The fourth-order valence-electron chi connectivity index (χ4n) is 7.41. The zero-order valence-electron chi connectivity index (χ0n) is 17.7. The van der Waals surface area contributed by atoms with Crippen molar-refractivity contribution in [3.63, 3.8) is 0 Å². The first kappa shape index (κ1) is 19.0. The Morgan fingerprint density at radius 2 is 1.83 bits per heavy atom. The standard InChI is InChI=1S/C27H32O2/c1-26-14-12-21(28)17-20(26)16-19(9-8-18-6-4-3-5-7-18)25-22-10-11-24(29)27(22,2)15-13-23(25)26/h3-7,12,14,17,19,22-23,25H,8-11,13,15-16H2,1-2H3/t19?,22-,23-,25-,26-,27-/m0/s1. The first-order valence-corrected chi connectivity index (χ1v) is 11.4. The fourth-order valence-corrected chi connectivity index (χ4v) is 7.41. The van der Waals surface area contributed by atoms with Crippen LogP contribution in [0, 0.1) is 34.5 Å². The zero-order valence-corrected chi connectivity index (χ0v) is 17.7. The van der Waals surface area contributed by atoms with Crippen LogP contribution in [0.5, 0.6) is 0 Å². The number of hydrogen-bond donors (Lipinski definition) is 0. The molecular formula is C27H32O2. The Labute approximate surface area is 174 Å². The highest BCUT2D eigenvalue weighted by atomic mass is 16.1. The Kier molecular flexibility index (Phi) is 4.46. The number of fused-ring (bicyclic) bond motifs is 5. The second kappa shape index (κ2) is 6.79. The molecule has 4 aliphatic carbocycles. The summed E-state index contributed by atoms with van der Waals surface area (Å²) in [5.41, 5.74) is 2.62. The summed E-state index contributed by atoms with van der Waals surface area (Å²) >= 11 is 0. The lowest BCUT2D eigenvalue weighted by atomic mass is 9.45. The van der Waals surface area contributed by atoms with Gasteiger partial charge in [-0.2, -0.15) is 0 Å². The van der Waals surface area contributed by atoms with Crippen LogP contribution in [0.2, 0.25) is 0 Å². The van der Waals surface area contributed by atoms with Crippen LogP contribution in [0.3, 0.4) is 0 Å². The average Bonchev–Trinajstić information content (AvgIpc) is 3.02. The highest BCUT2D eigenvalue weighted by molar-refractivity contribution is 6.01. The number of allylic oxidation sites excluding steroid dienone is 4. The molecule has 1 unspecified atom stereocenters. The summed E-state index contributed by atoms with van der Waals surface area (Å²) < 4.78 is 0. The molecule has 0 spiro atoms. The van der Waals surface area contributed by atoms with E-state index < -0.39 is 0 Å². The van der Waals surface area contributed by atoms with Crippen molar-refractivity contribution < 1.29 is 9.59 Å². The Balaban J connectivity index is 1.50. The third kappa shape index (κ3) is 2.90. The lowest BCUT2D eigenvalue weighted by molar-refractivity contribution is -0.133. The monoisotopic (exact) mass is 388 g/mol. The van der Waals surface area contributed by atoms with Crippen molar-refractivity contribution in [1.29, 1.82) is 0 Å². The molecule has 1 aromatic rings. The molecule has 3 fully saturated rings. The van der Waals surface area contributed by atoms with Crippen molar-refractivity contribution in [3.8, 4) is 0 Å². The van der Waals surface area contributed by atoms with Crippen LogP contribution in [0.4, 0.5) is 0 Å². The molecule has 6 atom stereocenters. The molecule has 29 heavy (non-hydrogen) atoms. The Bertz CT molecular complexity index is 894. The van der Waals surface area contributed by atoms with Crippen LogP contribution in [-0.2, 0) is 16.0 Å². The third-order valence-corrected chi connectivity index (χ3v) is 9.09. The molecule has 0 N–H and O–H groups in total. The van der Waals surface area contributed by atoms with Gasteiger partial charge in [0.25, 0.3) is 0 Å². The molecular weight excluding hydrogens is 356 g/mol. The van der Waals surface area contributed by atoms with E-state index in [0.29, 0.717) is 29.5 Å². The van der Waals surface area contributed by atoms with E-state index >= 15 is 0 Å². The summed E-state index contributed by atoms with van der Waals surface area (Å²) in [4.78, 5) is 25.0. The predicted molar refractivity (Wildman–Crippen MR) is 115 cm³/mol. The van der Waals surface area contributed by atoms with E-state index in [9.17, 15) is 9.59 Å². The molecule has 5 rings (SSSR count). The predicted octanol–water partition coefficient (Wildman–Crippen LogP) is 5.72. The molecule has 3 saturated carbocycles. The first-order chi connectivity index (χ1) is 13.9. The molecule has 0 amide bonds. The highest BCUT2D eigenvalue weighted by Crippen LogP contribution is 2.65. The van der Waals surface area contributed by atoms with E-state index in [0.717, 1.165) is 44.9 Å². The minimum Gasteiger partial charge on any atom is -0.299 e. The van der Waals surface area contributed by atoms with Gasteiger partial charge in [-0.15, -0.1) is 0 Å². The van der Waals surface area contributed by atoms with Crippen LogP contribution in [0.1, 0.15) is 57.9 Å². The minimum absolute atomic E-state index is 0.00517. The van der Waals surface area contributed by atoms with Crippen LogP contribution in [-0.4, -0.2) is 11.6 Å². The fraction of sp³-hybridized carbons (Fsp3) is 0.556. The van der Waals surface area contributed by atoms with E-state index in [1.165, 1.54) is 11.1 Å². The summed E-state index contributed by atoms with van der Waals surface area (Å²) in [6.45, 7) is 4.61. The maximum atomic E-state index is 12.8. The molecule has 2 heteroatoms. The molecule has 0 radical (unpaired) electrons. The SMILES string of the molecule is C[C@]12C=CC(=O)C=C1CC(CCc1ccccc1)[C@@H]1[C@@H]2CC[C@]2(C)C(=O)CC[C@@H]12. The Morgan fingerprint density at radius 3 is 2.62 bits per heavy atom. The second-order valence-electron chi connectivity index (χ2n) is 10.4. The van der Waals surface area contributed by atoms with E-state index in [4.69, 9.17) is 0 Å². The van der Waals surface area contributed by atoms with Gasteiger partial charge in [-0.1, -0.05) is 55.8 Å². The van der Waals surface area contributed by atoms with Crippen LogP contribution in [0.15, 0.2) is 54.1 Å². The number of hydrogen-bond acceptors (Lipinski definition) is 2. The topological polar surface area (TPSA) is 34.1 Å². The summed E-state index contributed by atoms with van der Waals surface area (Å²) in [6, 6.07) is 10.8. The summed E-state index contributed by atoms with van der Waals surface area (Å²) in [6.07, 6.45) is 13.1. The molecule has 0 heterocycles. The molecule has 0 aromatic heterocycles. The number of aryl methyl sites for hydroxylation is 1. The van der Waals surface area contributed by atoms with Gasteiger partial charge in [0.15, 0.2) is 5.78 Å². The maximum Gasteiger partial charge on any atom is 0.178 e. The van der Waals surface area contributed by atoms with Gasteiger partial charge in [-0.05, 0) is 79.9 Å². The van der Waals surface area contributed by atoms with Gasteiger partial charge in [0.05, 0.1) is 0 Å². The number of Topliss-reactive ketones (excluding diaryl/α,β-unsaturated/α-hetero) is 1. The number of rotatable bonds is 3. The smallest absolute Gasteiger partial charge is 0.178 e. The average molecular weight is 389 g/mol. The van der Waals surface area contributed by atoms with Crippen LogP contribution in [0.25, 0.3) is 0 Å². The third-order valence-electron chi connectivity index (χ3n) is 9.09. The van der Waals surface area contributed by atoms with Gasteiger partial charge < -0.3 is 0 Å². The normalized spacial score (nSPS) is 40.8. The number of carbonyl (C=O) groups is 2. The van der Waals surface area contributed by atoms with Crippen molar-refractivity contribution >= 4 is 11.6 Å². The van der Waals surface area contributed by atoms with Gasteiger partial charge in [-0.25, -0.2) is 0 Å². The van der Waals surface area contributed by atoms with Gasteiger partial charge >= 0.3 is 0 Å². The molecule has 152 valence electrons. The Morgan fingerprint density at radius 1 is 1.03 bits per heavy atom. The van der Waals surface area contributed by atoms with Crippen molar-refractivity contribution in [2.45, 2.75) is 58.8 Å². The summed E-state index contributed by atoms with van der Waals surface area (Å²) in [5, 5.41) is 0. The van der Waals surface area contributed by atoms with Crippen LogP contribution >= 0.6 is 0 Å². The van der Waals surface area contributed by atoms with Crippen molar-refractivity contribution in [1.82, 2.24) is 0 Å². The number of benzene rings is 1. The van der Waals surface area contributed by atoms with Crippen molar-refractivity contribution in [3.05, 3.63) is 59.7 Å². The minimum atomic E-state index is -0.113. The van der Waals surface area contributed by atoms with Gasteiger partial charge in [-0.3, -0.25) is 9.59 Å². The quantitative estimate of drug-likeness (QED) is 0.663. The van der Waals surface area contributed by atoms with Crippen LogP contribution < -0.4 is 0 Å². The van der Waals surface area contributed by atoms with Crippen molar-refractivity contribution in [2.24, 2.45) is 34.5 Å². The zero-order chi connectivity index (χ0) is 20.2. The highest BCUT2D eigenvalue weighted by Gasteiger charge is 2.60. The maximum absolute atomic E-state index is 12.8. The summed E-state index contributed by atoms with van der Waals surface area (Å²) in [5.74, 6) is 2.87. The van der Waals surface area contributed by atoms with E-state index in [2.05, 4.69) is 50.3 Å². The molecule has 2 nitrogen and oxygen atoms in total. The largest absolute Gasteiger partial charge is 0.299 e. The summed E-state index contributed by atoms with van der Waals surface area (Å²) in [7, 11) is 0. The van der Waals surface area contributed by atoms with E-state index in [1.54, 1.807) is 6.08 Å². The molecule has 1 aromatic carbocycles. The van der Waals surface area contributed by atoms with Gasteiger partial charge in [0, 0.05) is 17.3 Å². The Hall–Kier alpha value is -1.96. The number of ketones is 2. The van der Waals surface area contributed by atoms with E-state index in [-0.39, 0.29) is 16.6 Å². The van der Waals surface area contributed by atoms with Gasteiger partial charge in [0.1, 0.15) is 5.78 Å². The van der Waals surface area contributed by atoms with E-state index in [1.807, 2.05) is 6.08 Å². The lowest BCUT2D eigenvalue weighted by Crippen LogP contribution is -2.53. The van der Waals surface area contributed by atoms with Crippen molar-refractivity contribution in [2.75, 3.05) is 0 Å². The molecule has 0 aliphatic heterocycles. The number of carbonyl (C=O) groups excluding carboxylic acids is 2. The molecule has 0 saturated heterocycles.